The van der Waals surface area contributed by atoms with E-state index >= 15 is 0 Å². The molecule has 1 aliphatic heterocycles. The molecule has 0 radical (unpaired) electrons. The minimum absolute atomic E-state index is 0.714. The average molecular weight is 336 g/mol. The van der Waals surface area contributed by atoms with E-state index in [0.29, 0.717) is 6.54 Å². The van der Waals surface area contributed by atoms with E-state index in [1.54, 1.807) is 11.3 Å². The number of aromatic nitrogens is 1. The van der Waals surface area contributed by atoms with Crippen molar-refractivity contribution in [3.63, 3.8) is 0 Å². The summed E-state index contributed by atoms with van der Waals surface area (Å²) in [6.45, 7) is 11.4. The molecule has 0 spiro atoms. The lowest BCUT2D eigenvalue weighted by atomic mass is 10.1. The summed E-state index contributed by atoms with van der Waals surface area (Å²) in [4.78, 5) is 13.1. The van der Waals surface area contributed by atoms with Crippen LogP contribution in [-0.2, 0) is 6.54 Å². The highest BCUT2D eigenvalue weighted by molar-refractivity contribution is 7.11. The van der Waals surface area contributed by atoms with E-state index in [2.05, 4.69) is 41.3 Å². The van der Waals surface area contributed by atoms with Crippen LogP contribution < -0.4 is 10.6 Å². The Morgan fingerprint density at radius 1 is 1.30 bits per heavy atom. The first-order valence-electron chi connectivity index (χ1n) is 8.84. The topological polar surface area (TPSA) is 52.6 Å². The third-order valence-electron chi connectivity index (χ3n) is 4.66. The van der Waals surface area contributed by atoms with Gasteiger partial charge in [-0.2, -0.15) is 0 Å². The number of thiazole rings is 1. The zero-order chi connectivity index (χ0) is 16.2. The van der Waals surface area contributed by atoms with Crippen LogP contribution in [0.4, 0.5) is 0 Å². The molecule has 5 nitrogen and oxygen atoms in total. The van der Waals surface area contributed by atoms with Crippen LogP contribution in [-0.4, -0.2) is 48.1 Å². The molecular formula is C17H29N5S. The van der Waals surface area contributed by atoms with Crippen LogP contribution in [0.1, 0.15) is 41.8 Å². The largest absolute Gasteiger partial charge is 0.357 e. The summed E-state index contributed by atoms with van der Waals surface area (Å²) >= 11 is 1.75. The standard InChI is InChI=1S/C17H29N5S/c1-4-18-17(20-10-16-12(2)21-13(3)23-16)19-9-14-7-8-22(11-14)15-5-6-15/h14-15H,4-11H2,1-3H3,(H2,18,19,20). The zero-order valence-corrected chi connectivity index (χ0v) is 15.4. The van der Waals surface area contributed by atoms with Gasteiger partial charge in [-0.25, -0.2) is 9.98 Å². The summed E-state index contributed by atoms with van der Waals surface area (Å²) in [5.41, 5.74) is 1.11. The van der Waals surface area contributed by atoms with Crippen LogP contribution in [0.25, 0.3) is 0 Å². The van der Waals surface area contributed by atoms with Crippen molar-refractivity contribution in [3.8, 4) is 0 Å². The zero-order valence-electron chi connectivity index (χ0n) is 14.6. The van der Waals surface area contributed by atoms with E-state index in [4.69, 9.17) is 4.99 Å². The third-order valence-corrected chi connectivity index (χ3v) is 5.72. The maximum Gasteiger partial charge on any atom is 0.191 e. The predicted octanol–water partition coefficient (Wildman–Crippen LogP) is 2.30. The summed E-state index contributed by atoms with van der Waals surface area (Å²) in [5, 5.41) is 8.02. The minimum atomic E-state index is 0.714. The van der Waals surface area contributed by atoms with Crippen LogP contribution >= 0.6 is 11.3 Å². The summed E-state index contributed by atoms with van der Waals surface area (Å²) in [7, 11) is 0. The molecule has 1 atom stereocenters. The van der Waals surface area contributed by atoms with Gasteiger partial charge in [0.2, 0.25) is 0 Å². The second kappa shape index (κ2) is 7.62. The molecule has 1 unspecified atom stereocenters. The molecule has 1 aliphatic carbocycles. The Labute approximate surface area is 143 Å². The minimum Gasteiger partial charge on any atom is -0.357 e. The Balaban J connectivity index is 1.49. The number of hydrogen-bond acceptors (Lipinski definition) is 4. The quantitative estimate of drug-likeness (QED) is 0.619. The normalized spacial score (nSPS) is 22.6. The van der Waals surface area contributed by atoms with Gasteiger partial charge in [0, 0.05) is 30.6 Å². The van der Waals surface area contributed by atoms with Gasteiger partial charge in [0.1, 0.15) is 0 Å². The molecule has 1 aromatic rings. The van der Waals surface area contributed by atoms with Gasteiger partial charge in [0.15, 0.2) is 5.96 Å². The first kappa shape index (κ1) is 16.7. The molecule has 1 saturated heterocycles. The summed E-state index contributed by atoms with van der Waals surface area (Å²) in [6.07, 6.45) is 4.14. The lowest BCUT2D eigenvalue weighted by Gasteiger charge is -2.17. The van der Waals surface area contributed by atoms with Gasteiger partial charge in [-0.15, -0.1) is 11.3 Å². The lowest BCUT2D eigenvalue weighted by Crippen LogP contribution is -2.40. The van der Waals surface area contributed by atoms with Crippen molar-refractivity contribution in [2.45, 2.75) is 52.6 Å². The average Bonchev–Trinajstić information content (AvgIpc) is 3.18. The highest BCUT2D eigenvalue weighted by Gasteiger charge is 2.34. The van der Waals surface area contributed by atoms with Crippen molar-refractivity contribution in [1.29, 1.82) is 0 Å². The monoisotopic (exact) mass is 335 g/mol. The Morgan fingerprint density at radius 2 is 2.13 bits per heavy atom. The number of aliphatic imine (C=N–C) groups is 1. The second-order valence-electron chi connectivity index (χ2n) is 6.70. The third kappa shape index (κ3) is 4.67. The summed E-state index contributed by atoms with van der Waals surface area (Å²) in [6, 6.07) is 0.902. The maximum atomic E-state index is 4.74. The molecule has 128 valence electrons. The molecule has 2 N–H and O–H groups in total. The molecule has 2 fully saturated rings. The van der Waals surface area contributed by atoms with Crippen molar-refractivity contribution in [1.82, 2.24) is 20.5 Å². The van der Waals surface area contributed by atoms with Crippen molar-refractivity contribution in [2.24, 2.45) is 10.9 Å². The second-order valence-corrected chi connectivity index (χ2v) is 7.99. The highest BCUT2D eigenvalue weighted by Crippen LogP contribution is 2.31. The summed E-state index contributed by atoms with van der Waals surface area (Å²) < 4.78 is 0. The Bertz CT molecular complexity index is 549. The first-order chi connectivity index (χ1) is 11.2. The smallest absolute Gasteiger partial charge is 0.191 e. The van der Waals surface area contributed by atoms with E-state index < -0.39 is 0 Å². The van der Waals surface area contributed by atoms with Gasteiger partial charge in [-0.05, 0) is 52.5 Å². The van der Waals surface area contributed by atoms with E-state index in [9.17, 15) is 0 Å². The van der Waals surface area contributed by atoms with Crippen LogP contribution in [0.15, 0.2) is 4.99 Å². The van der Waals surface area contributed by atoms with Gasteiger partial charge in [0.05, 0.1) is 17.2 Å². The number of guanidine groups is 1. The van der Waals surface area contributed by atoms with Crippen molar-refractivity contribution < 1.29 is 0 Å². The van der Waals surface area contributed by atoms with E-state index in [0.717, 1.165) is 41.7 Å². The SMILES string of the molecule is CCNC(=NCc1sc(C)nc1C)NCC1CCN(C2CC2)C1. The van der Waals surface area contributed by atoms with Crippen LogP contribution in [0.5, 0.6) is 0 Å². The van der Waals surface area contributed by atoms with Gasteiger partial charge < -0.3 is 15.5 Å². The Kier molecular flexibility index (Phi) is 5.54. The van der Waals surface area contributed by atoms with Gasteiger partial charge >= 0.3 is 0 Å². The molecule has 23 heavy (non-hydrogen) atoms. The van der Waals surface area contributed by atoms with Gasteiger partial charge in [-0.1, -0.05) is 0 Å². The molecule has 1 saturated carbocycles. The van der Waals surface area contributed by atoms with E-state index in [1.807, 2.05) is 0 Å². The molecule has 0 amide bonds. The number of hydrogen-bond donors (Lipinski definition) is 2. The molecule has 3 rings (SSSR count). The number of nitrogens with zero attached hydrogens (tertiary/aromatic N) is 3. The number of aryl methyl sites for hydroxylation is 2. The molecule has 6 heteroatoms. The fraction of sp³-hybridized carbons (Fsp3) is 0.765. The van der Waals surface area contributed by atoms with E-state index in [-0.39, 0.29) is 0 Å². The Morgan fingerprint density at radius 3 is 2.78 bits per heavy atom. The van der Waals surface area contributed by atoms with Crippen molar-refractivity contribution >= 4 is 17.3 Å². The number of nitrogens with one attached hydrogen (secondary N) is 2. The number of rotatable bonds is 6. The van der Waals surface area contributed by atoms with Crippen LogP contribution in [0.3, 0.4) is 0 Å². The maximum absolute atomic E-state index is 4.74. The van der Waals surface area contributed by atoms with Crippen molar-refractivity contribution in [3.05, 3.63) is 15.6 Å². The number of likely N-dealkylation sites (tertiary alicyclic amines) is 1. The molecule has 1 aromatic heterocycles. The van der Waals surface area contributed by atoms with Crippen LogP contribution in [0.2, 0.25) is 0 Å². The van der Waals surface area contributed by atoms with E-state index in [1.165, 1.54) is 37.2 Å². The Hall–Kier alpha value is -1.14. The highest BCUT2D eigenvalue weighted by atomic mass is 32.1. The van der Waals surface area contributed by atoms with Crippen LogP contribution in [0, 0.1) is 19.8 Å². The molecule has 0 bridgehead atoms. The molecule has 0 aromatic carbocycles. The fourth-order valence-electron chi connectivity index (χ4n) is 3.25. The predicted molar refractivity (Wildman–Crippen MR) is 97.1 cm³/mol. The van der Waals surface area contributed by atoms with Crippen molar-refractivity contribution in [2.75, 3.05) is 26.2 Å². The molecule has 2 aliphatic rings. The van der Waals surface area contributed by atoms with Gasteiger partial charge in [-0.3, -0.25) is 0 Å². The molecule has 2 heterocycles. The lowest BCUT2D eigenvalue weighted by molar-refractivity contribution is 0.314. The fourth-order valence-corrected chi connectivity index (χ4v) is 4.12. The first-order valence-corrected chi connectivity index (χ1v) is 9.66. The summed E-state index contributed by atoms with van der Waals surface area (Å²) in [5.74, 6) is 1.69. The van der Waals surface area contributed by atoms with Gasteiger partial charge in [0.25, 0.3) is 0 Å². The molecular weight excluding hydrogens is 306 g/mol.